The van der Waals surface area contributed by atoms with E-state index in [0.29, 0.717) is 24.8 Å². The average molecular weight is 322 g/mol. The largest absolute Gasteiger partial charge is 0.508 e. The Bertz CT molecular complexity index is 538. The fourth-order valence-corrected chi connectivity index (χ4v) is 3.08. The molecule has 1 aliphatic heterocycles. The normalized spacial score (nSPS) is 20.4. The summed E-state index contributed by atoms with van der Waals surface area (Å²) in [6, 6.07) is 2.70. The summed E-state index contributed by atoms with van der Waals surface area (Å²) in [5, 5.41) is 29.0. The van der Waals surface area contributed by atoms with Crippen LogP contribution in [-0.2, 0) is 11.2 Å². The molecule has 1 aromatic rings. The number of hydrogen-bond acceptors (Lipinski definition) is 5. The monoisotopic (exact) mass is 322 g/mol. The Kier molecular flexibility index (Phi) is 6.28. The van der Waals surface area contributed by atoms with Crippen molar-refractivity contribution in [1.29, 1.82) is 0 Å². The lowest BCUT2D eigenvalue weighted by Crippen LogP contribution is -2.21. The van der Waals surface area contributed by atoms with Crippen LogP contribution in [0.3, 0.4) is 0 Å². The lowest BCUT2D eigenvalue weighted by atomic mass is 9.97. The minimum absolute atomic E-state index is 0.0420. The van der Waals surface area contributed by atoms with Crippen molar-refractivity contribution >= 4 is 5.97 Å². The standard InChI is InChI=1S/C18H26O5/c1-12(19)6-5-9-15-8-4-2-3-7-13-10-14(20)11-16(21)17(13)18(22)23-15/h10-12,15,19-21H,2-9H2,1H3/t12-,15+/m0/s1. The number of carbonyl (C=O) groups excluding carboxylic acids is 1. The predicted octanol–water partition coefficient (Wildman–Crippen LogP) is 3.29. The summed E-state index contributed by atoms with van der Waals surface area (Å²) >= 11 is 0. The van der Waals surface area contributed by atoms with E-state index < -0.39 is 5.97 Å². The number of ether oxygens (including phenoxy) is 1. The van der Waals surface area contributed by atoms with Crippen molar-refractivity contribution in [2.75, 3.05) is 0 Å². The molecule has 0 spiro atoms. The highest BCUT2D eigenvalue weighted by atomic mass is 16.5. The zero-order chi connectivity index (χ0) is 16.8. The summed E-state index contributed by atoms with van der Waals surface area (Å²) in [7, 11) is 0. The molecule has 1 heterocycles. The van der Waals surface area contributed by atoms with Gasteiger partial charge in [-0.05, 0) is 63.5 Å². The van der Waals surface area contributed by atoms with Gasteiger partial charge in [-0.15, -0.1) is 0 Å². The first-order valence-corrected chi connectivity index (χ1v) is 8.41. The van der Waals surface area contributed by atoms with Crippen LogP contribution in [0.15, 0.2) is 12.1 Å². The minimum Gasteiger partial charge on any atom is -0.508 e. The molecule has 5 nitrogen and oxygen atoms in total. The third-order valence-corrected chi connectivity index (χ3v) is 4.28. The Morgan fingerprint density at radius 2 is 2.04 bits per heavy atom. The van der Waals surface area contributed by atoms with Crippen LogP contribution < -0.4 is 0 Å². The number of esters is 1. The number of hydrogen-bond donors (Lipinski definition) is 3. The third-order valence-electron chi connectivity index (χ3n) is 4.28. The summed E-state index contributed by atoms with van der Waals surface area (Å²) in [5.74, 6) is -0.797. The summed E-state index contributed by atoms with van der Waals surface area (Å²) in [6.45, 7) is 1.75. The molecule has 0 unspecified atom stereocenters. The van der Waals surface area contributed by atoms with Gasteiger partial charge < -0.3 is 20.1 Å². The number of fused-ring (bicyclic) bond motifs is 1. The average Bonchev–Trinajstić information content (AvgIpc) is 2.45. The van der Waals surface area contributed by atoms with Crippen molar-refractivity contribution in [3.05, 3.63) is 23.3 Å². The van der Waals surface area contributed by atoms with E-state index in [-0.39, 0.29) is 29.3 Å². The highest BCUT2D eigenvalue weighted by Gasteiger charge is 2.23. The first-order chi connectivity index (χ1) is 11.0. The van der Waals surface area contributed by atoms with Crippen LogP contribution in [0.25, 0.3) is 0 Å². The van der Waals surface area contributed by atoms with Gasteiger partial charge in [0.25, 0.3) is 0 Å². The van der Waals surface area contributed by atoms with E-state index in [2.05, 4.69) is 0 Å². The van der Waals surface area contributed by atoms with Gasteiger partial charge in [0, 0.05) is 6.07 Å². The molecule has 0 fully saturated rings. The maximum absolute atomic E-state index is 12.4. The number of aliphatic hydroxyl groups excluding tert-OH is 1. The van der Waals surface area contributed by atoms with Crippen LogP contribution >= 0.6 is 0 Å². The second-order valence-corrected chi connectivity index (χ2v) is 6.41. The second-order valence-electron chi connectivity index (χ2n) is 6.41. The van der Waals surface area contributed by atoms with E-state index >= 15 is 0 Å². The van der Waals surface area contributed by atoms with Gasteiger partial charge in [0.05, 0.1) is 6.10 Å². The molecule has 2 atom stereocenters. The van der Waals surface area contributed by atoms with Crippen LogP contribution in [-0.4, -0.2) is 33.5 Å². The topological polar surface area (TPSA) is 87.0 Å². The lowest BCUT2D eigenvalue weighted by Gasteiger charge is -2.21. The van der Waals surface area contributed by atoms with Crippen molar-refractivity contribution < 1.29 is 24.9 Å². The van der Waals surface area contributed by atoms with Gasteiger partial charge in [-0.2, -0.15) is 0 Å². The molecule has 0 aliphatic carbocycles. The first kappa shape index (κ1) is 17.6. The summed E-state index contributed by atoms with van der Waals surface area (Å²) in [5.41, 5.74) is 0.808. The van der Waals surface area contributed by atoms with E-state index in [1.54, 1.807) is 6.92 Å². The van der Waals surface area contributed by atoms with Crippen molar-refractivity contribution in [3.63, 3.8) is 0 Å². The summed E-state index contributed by atoms with van der Waals surface area (Å²) in [4.78, 5) is 12.4. The summed E-state index contributed by atoms with van der Waals surface area (Å²) in [6.07, 6.45) is 5.99. The molecule has 0 bridgehead atoms. The van der Waals surface area contributed by atoms with Gasteiger partial charge in [0.1, 0.15) is 23.2 Å². The molecule has 5 heteroatoms. The second kappa shape index (κ2) is 8.20. The van der Waals surface area contributed by atoms with E-state index in [1.165, 1.54) is 12.1 Å². The number of aliphatic hydroxyl groups is 1. The predicted molar refractivity (Wildman–Crippen MR) is 86.7 cm³/mol. The Morgan fingerprint density at radius 1 is 1.26 bits per heavy atom. The van der Waals surface area contributed by atoms with E-state index in [0.717, 1.165) is 32.1 Å². The van der Waals surface area contributed by atoms with Gasteiger partial charge in [-0.25, -0.2) is 4.79 Å². The maximum atomic E-state index is 12.4. The Labute approximate surface area is 136 Å². The lowest BCUT2D eigenvalue weighted by molar-refractivity contribution is 0.0235. The zero-order valence-corrected chi connectivity index (χ0v) is 13.6. The molecule has 128 valence electrons. The van der Waals surface area contributed by atoms with Crippen LogP contribution in [0.4, 0.5) is 0 Å². The first-order valence-electron chi connectivity index (χ1n) is 8.41. The molecule has 23 heavy (non-hydrogen) atoms. The number of aryl methyl sites for hydroxylation is 1. The molecule has 0 amide bonds. The van der Waals surface area contributed by atoms with Gasteiger partial charge >= 0.3 is 5.97 Å². The fourth-order valence-electron chi connectivity index (χ4n) is 3.08. The number of carbonyl (C=O) groups is 1. The van der Waals surface area contributed by atoms with Crippen LogP contribution in [0.2, 0.25) is 0 Å². The SMILES string of the molecule is C[C@H](O)CCC[C@H]1CCCCCc2cc(O)cc(O)c2C(=O)O1. The third kappa shape index (κ3) is 5.13. The Morgan fingerprint density at radius 3 is 2.78 bits per heavy atom. The fraction of sp³-hybridized carbons (Fsp3) is 0.611. The minimum atomic E-state index is -0.526. The highest BCUT2D eigenvalue weighted by molar-refractivity contribution is 5.94. The van der Waals surface area contributed by atoms with Crippen molar-refractivity contribution in [1.82, 2.24) is 0 Å². The molecule has 1 aromatic carbocycles. The zero-order valence-electron chi connectivity index (χ0n) is 13.6. The Hall–Kier alpha value is -1.75. The van der Waals surface area contributed by atoms with Gasteiger partial charge in [0.2, 0.25) is 0 Å². The molecule has 2 rings (SSSR count). The molecular formula is C18H26O5. The van der Waals surface area contributed by atoms with E-state index in [1.807, 2.05) is 0 Å². The van der Waals surface area contributed by atoms with E-state index in [9.17, 15) is 20.1 Å². The summed E-state index contributed by atoms with van der Waals surface area (Å²) < 4.78 is 5.59. The van der Waals surface area contributed by atoms with Gasteiger partial charge in [-0.3, -0.25) is 0 Å². The molecule has 1 aliphatic rings. The quantitative estimate of drug-likeness (QED) is 0.740. The van der Waals surface area contributed by atoms with Crippen LogP contribution in [0.1, 0.15) is 67.8 Å². The molecule has 0 saturated carbocycles. The van der Waals surface area contributed by atoms with Gasteiger partial charge in [0.15, 0.2) is 0 Å². The van der Waals surface area contributed by atoms with Crippen molar-refractivity contribution in [2.24, 2.45) is 0 Å². The number of rotatable bonds is 4. The molecule has 0 saturated heterocycles. The number of benzene rings is 1. The van der Waals surface area contributed by atoms with Crippen LogP contribution in [0, 0.1) is 0 Å². The van der Waals surface area contributed by atoms with Crippen molar-refractivity contribution in [3.8, 4) is 11.5 Å². The molecular weight excluding hydrogens is 296 g/mol. The molecule has 0 aromatic heterocycles. The number of aromatic hydroxyl groups is 2. The van der Waals surface area contributed by atoms with Gasteiger partial charge in [-0.1, -0.05) is 6.42 Å². The molecule has 3 N–H and O–H groups in total. The Balaban J connectivity index is 2.14. The number of phenolic OH excluding ortho intramolecular Hbond substituents is 2. The maximum Gasteiger partial charge on any atom is 0.342 e. The number of cyclic esters (lactones) is 1. The molecule has 0 radical (unpaired) electrons. The van der Waals surface area contributed by atoms with E-state index in [4.69, 9.17) is 4.74 Å². The van der Waals surface area contributed by atoms with Crippen molar-refractivity contribution in [2.45, 2.75) is 70.5 Å². The number of phenols is 2. The highest BCUT2D eigenvalue weighted by Crippen LogP contribution is 2.31. The smallest absolute Gasteiger partial charge is 0.342 e. The van der Waals surface area contributed by atoms with Crippen LogP contribution in [0.5, 0.6) is 11.5 Å².